The van der Waals surface area contributed by atoms with Gasteiger partial charge in [0.05, 0.1) is 18.9 Å². The van der Waals surface area contributed by atoms with Crippen LogP contribution >= 0.6 is 11.6 Å². The maximum absolute atomic E-state index is 5.80. The molecule has 0 unspecified atom stereocenters. The molecule has 2 nitrogen and oxygen atoms in total. The first-order valence-corrected chi connectivity index (χ1v) is 4.89. The molecule has 0 aliphatic heterocycles. The molecule has 0 saturated carbocycles. The average Bonchev–Trinajstić information content (AvgIpc) is 2.12. The van der Waals surface area contributed by atoms with Crippen LogP contribution in [0.5, 0.6) is 0 Å². The van der Waals surface area contributed by atoms with E-state index in [9.17, 15) is 0 Å². The van der Waals surface area contributed by atoms with Crippen molar-refractivity contribution >= 4 is 11.6 Å². The van der Waals surface area contributed by atoms with Crippen LogP contribution < -0.4 is 0 Å². The van der Waals surface area contributed by atoms with Crippen molar-refractivity contribution in [3.63, 3.8) is 0 Å². The highest BCUT2D eigenvalue weighted by molar-refractivity contribution is 6.30. The van der Waals surface area contributed by atoms with Gasteiger partial charge in [-0.3, -0.25) is 4.98 Å². The SMILES string of the molecule is C=C(C)CCOCc1cc(Cl)ccn1. The highest BCUT2D eigenvalue weighted by atomic mass is 35.5. The first kappa shape index (κ1) is 11.2. The standard InChI is InChI=1S/C11H14ClNO/c1-9(2)4-6-14-8-11-7-10(12)3-5-13-11/h3,5,7H,1,4,6,8H2,2H3. The summed E-state index contributed by atoms with van der Waals surface area (Å²) in [5, 5.41) is 0.693. The van der Waals surface area contributed by atoms with Gasteiger partial charge in [-0.25, -0.2) is 0 Å². The summed E-state index contributed by atoms with van der Waals surface area (Å²) < 4.78 is 5.40. The Morgan fingerprint density at radius 2 is 2.43 bits per heavy atom. The highest BCUT2D eigenvalue weighted by Gasteiger charge is 1.95. The van der Waals surface area contributed by atoms with E-state index in [0.29, 0.717) is 18.2 Å². The normalized spacial score (nSPS) is 10.1. The van der Waals surface area contributed by atoms with Crippen LogP contribution in [0.15, 0.2) is 30.5 Å². The van der Waals surface area contributed by atoms with Crippen molar-refractivity contribution < 1.29 is 4.74 Å². The summed E-state index contributed by atoms with van der Waals surface area (Å²) in [6.07, 6.45) is 2.57. The fourth-order valence-electron chi connectivity index (χ4n) is 0.951. The van der Waals surface area contributed by atoms with Crippen molar-refractivity contribution in [2.45, 2.75) is 20.0 Å². The van der Waals surface area contributed by atoms with Gasteiger partial charge < -0.3 is 4.74 Å². The van der Waals surface area contributed by atoms with Gasteiger partial charge in [-0.05, 0) is 25.5 Å². The molecule has 1 aromatic rings. The van der Waals surface area contributed by atoms with Crippen LogP contribution in [0.2, 0.25) is 5.02 Å². The minimum atomic E-state index is 0.508. The van der Waals surface area contributed by atoms with Gasteiger partial charge in [-0.2, -0.15) is 0 Å². The summed E-state index contributed by atoms with van der Waals surface area (Å²) in [6, 6.07) is 3.56. The van der Waals surface area contributed by atoms with Gasteiger partial charge in [0.25, 0.3) is 0 Å². The lowest BCUT2D eigenvalue weighted by Crippen LogP contribution is -1.97. The lowest BCUT2D eigenvalue weighted by molar-refractivity contribution is 0.121. The molecule has 0 aromatic carbocycles. The molecular weight excluding hydrogens is 198 g/mol. The molecule has 0 amide bonds. The van der Waals surface area contributed by atoms with E-state index in [1.807, 2.05) is 13.0 Å². The van der Waals surface area contributed by atoms with E-state index in [1.54, 1.807) is 12.3 Å². The van der Waals surface area contributed by atoms with Crippen molar-refractivity contribution in [1.29, 1.82) is 0 Å². The first-order valence-electron chi connectivity index (χ1n) is 4.51. The predicted molar refractivity (Wildman–Crippen MR) is 58.3 cm³/mol. The second-order valence-corrected chi connectivity index (χ2v) is 3.66. The van der Waals surface area contributed by atoms with Crippen LogP contribution in [-0.4, -0.2) is 11.6 Å². The topological polar surface area (TPSA) is 22.1 Å². The molecule has 0 N–H and O–H groups in total. The minimum absolute atomic E-state index is 0.508. The lowest BCUT2D eigenvalue weighted by atomic mass is 10.3. The van der Waals surface area contributed by atoms with Crippen molar-refractivity contribution in [1.82, 2.24) is 4.98 Å². The second-order valence-electron chi connectivity index (χ2n) is 3.23. The number of aromatic nitrogens is 1. The molecule has 0 aliphatic rings. The minimum Gasteiger partial charge on any atom is -0.375 e. The van der Waals surface area contributed by atoms with Gasteiger partial charge in [0.1, 0.15) is 0 Å². The summed E-state index contributed by atoms with van der Waals surface area (Å²) in [5.74, 6) is 0. The van der Waals surface area contributed by atoms with E-state index in [4.69, 9.17) is 16.3 Å². The molecule has 0 aliphatic carbocycles. The zero-order chi connectivity index (χ0) is 10.4. The Balaban J connectivity index is 2.28. The van der Waals surface area contributed by atoms with Crippen molar-refractivity contribution in [3.8, 4) is 0 Å². The Morgan fingerprint density at radius 3 is 3.07 bits per heavy atom. The summed E-state index contributed by atoms with van der Waals surface area (Å²) in [6.45, 7) is 6.98. The van der Waals surface area contributed by atoms with E-state index < -0.39 is 0 Å². The van der Waals surface area contributed by atoms with Crippen LogP contribution in [0, 0.1) is 0 Å². The fraction of sp³-hybridized carbons (Fsp3) is 0.364. The van der Waals surface area contributed by atoms with Gasteiger partial charge in [-0.1, -0.05) is 17.2 Å². The Bertz CT molecular complexity index is 312. The predicted octanol–water partition coefficient (Wildman–Crippen LogP) is 3.22. The molecule has 3 heteroatoms. The highest BCUT2D eigenvalue weighted by Crippen LogP contribution is 2.09. The number of nitrogens with zero attached hydrogens (tertiary/aromatic N) is 1. The van der Waals surface area contributed by atoms with Gasteiger partial charge in [-0.15, -0.1) is 6.58 Å². The van der Waals surface area contributed by atoms with Crippen molar-refractivity contribution in [2.75, 3.05) is 6.61 Å². The molecule has 0 atom stereocenters. The fourth-order valence-corrected chi connectivity index (χ4v) is 1.13. The van der Waals surface area contributed by atoms with Crippen LogP contribution in [-0.2, 0) is 11.3 Å². The average molecular weight is 212 g/mol. The van der Waals surface area contributed by atoms with E-state index in [2.05, 4.69) is 11.6 Å². The maximum atomic E-state index is 5.80. The first-order chi connectivity index (χ1) is 6.68. The molecule has 1 rings (SSSR count). The van der Waals surface area contributed by atoms with Crippen LogP contribution in [0.1, 0.15) is 19.0 Å². The Labute approximate surface area is 89.6 Å². The molecule has 0 spiro atoms. The van der Waals surface area contributed by atoms with E-state index >= 15 is 0 Å². The Morgan fingerprint density at radius 1 is 1.64 bits per heavy atom. The number of rotatable bonds is 5. The zero-order valence-corrected chi connectivity index (χ0v) is 9.05. The Hall–Kier alpha value is -0.860. The summed E-state index contributed by atoms with van der Waals surface area (Å²) in [7, 11) is 0. The quantitative estimate of drug-likeness (QED) is 0.551. The number of pyridine rings is 1. The molecule has 1 heterocycles. The largest absolute Gasteiger partial charge is 0.375 e. The molecule has 0 saturated heterocycles. The third-order valence-corrected chi connectivity index (χ3v) is 1.94. The third kappa shape index (κ3) is 4.40. The molecule has 76 valence electrons. The summed E-state index contributed by atoms with van der Waals surface area (Å²) in [5.41, 5.74) is 1.99. The molecule has 14 heavy (non-hydrogen) atoms. The van der Waals surface area contributed by atoms with Gasteiger partial charge >= 0.3 is 0 Å². The number of ether oxygens (including phenoxy) is 1. The number of halogens is 1. The van der Waals surface area contributed by atoms with Crippen LogP contribution in [0.25, 0.3) is 0 Å². The van der Waals surface area contributed by atoms with Crippen LogP contribution in [0.3, 0.4) is 0 Å². The summed E-state index contributed by atoms with van der Waals surface area (Å²) >= 11 is 5.80. The molecule has 0 radical (unpaired) electrons. The van der Waals surface area contributed by atoms with E-state index in [0.717, 1.165) is 17.7 Å². The van der Waals surface area contributed by atoms with Crippen molar-refractivity contribution in [3.05, 3.63) is 41.2 Å². The van der Waals surface area contributed by atoms with Gasteiger partial charge in [0.15, 0.2) is 0 Å². The molecular formula is C11H14ClNO. The number of hydrogen-bond acceptors (Lipinski definition) is 2. The summed E-state index contributed by atoms with van der Waals surface area (Å²) in [4.78, 5) is 4.12. The molecule has 1 aromatic heterocycles. The zero-order valence-electron chi connectivity index (χ0n) is 8.29. The van der Waals surface area contributed by atoms with Gasteiger partial charge in [0.2, 0.25) is 0 Å². The van der Waals surface area contributed by atoms with Crippen molar-refractivity contribution in [2.24, 2.45) is 0 Å². The second kappa shape index (κ2) is 5.78. The molecule has 0 bridgehead atoms. The Kier molecular flexibility index (Phi) is 4.63. The third-order valence-electron chi connectivity index (χ3n) is 1.70. The lowest BCUT2D eigenvalue weighted by Gasteiger charge is -2.03. The monoisotopic (exact) mass is 211 g/mol. The molecule has 0 fully saturated rings. The smallest absolute Gasteiger partial charge is 0.0888 e. The maximum Gasteiger partial charge on any atom is 0.0888 e. The number of hydrogen-bond donors (Lipinski definition) is 0. The van der Waals surface area contributed by atoms with E-state index in [-0.39, 0.29) is 0 Å². The van der Waals surface area contributed by atoms with Crippen LogP contribution in [0.4, 0.5) is 0 Å². The van der Waals surface area contributed by atoms with Gasteiger partial charge in [0, 0.05) is 11.2 Å². The van der Waals surface area contributed by atoms with E-state index in [1.165, 1.54) is 0 Å².